The summed E-state index contributed by atoms with van der Waals surface area (Å²) >= 11 is 0. The van der Waals surface area contributed by atoms with Gasteiger partial charge in [0, 0.05) is 38.7 Å². The highest BCUT2D eigenvalue weighted by molar-refractivity contribution is 5.85. The van der Waals surface area contributed by atoms with Crippen LogP contribution in [0.4, 0.5) is 0 Å². The third-order valence-corrected chi connectivity index (χ3v) is 5.72. The smallest absolute Gasteiger partial charge is 0.186 e. The molecular formula is C24H39NO6. The predicted octanol–water partition coefficient (Wildman–Crippen LogP) is 3.17. The number of methoxy groups -OCH3 is 3. The maximum absolute atomic E-state index is 10.9. The molecular weight excluding hydrogens is 398 g/mol. The van der Waals surface area contributed by atoms with Crippen LogP contribution in [0.1, 0.15) is 58.2 Å². The Balaban J connectivity index is 2.31. The minimum absolute atomic E-state index is 0.0779. The molecule has 1 aromatic rings. The van der Waals surface area contributed by atoms with Crippen molar-refractivity contribution in [3.05, 3.63) is 28.8 Å². The third kappa shape index (κ3) is 5.84. The summed E-state index contributed by atoms with van der Waals surface area (Å²) in [5.41, 5.74) is 2.34. The van der Waals surface area contributed by atoms with Crippen molar-refractivity contribution in [3.63, 3.8) is 0 Å². The van der Waals surface area contributed by atoms with Crippen LogP contribution in [0.25, 0.3) is 0 Å². The van der Waals surface area contributed by atoms with Crippen molar-refractivity contribution in [2.24, 2.45) is 4.99 Å². The number of benzene rings is 1. The Morgan fingerprint density at radius 3 is 2.06 bits per heavy atom. The molecule has 0 spiro atoms. The van der Waals surface area contributed by atoms with Gasteiger partial charge >= 0.3 is 0 Å². The minimum atomic E-state index is -0.932. The molecule has 176 valence electrons. The number of rotatable bonds is 6. The second-order valence-electron chi connectivity index (χ2n) is 10.1. The number of ether oxygens (including phenoxy) is 4. The fraction of sp³-hybridized carbons (Fsp3) is 0.708. The lowest BCUT2D eigenvalue weighted by Gasteiger charge is -2.42. The quantitative estimate of drug-likeness (QED) is 0.665. The fourth-order valence-corrected chi connectivity index (χ4v) is 3.77. The molecule has 1 aliphatic heterocycles. The number of hydrogen-bond acceptors (Lipinski definition) is 7. The molecule has 0 unspecified atom stereocenters. The maximum atomic E-state index is 10.9. The van der Waals surface area contributed by atoms with Gasteiger partial charge in [-0.3, -0.25) is 4.99 Å². The van der Waals surface area contributed by atoms with Crippen LogP contribution in [0.3, 0.4) is 0 Å². The number of aliphatic hydroxyl groups excluding tert-OH is 1. The van der Waals surface area contributed by atoms with Gasteiger partial charge in [0.05, 0.1) is 6.54 Å². The SMILES string of the molecule is CO[C@H]1O[C@H](CN=Cc2cc(C(C)(C)C)cc(C(C)(C)C)c2O)[C@@H](O)[C@H](OC)[C@H]1OC. The lowest BCUT2D eigenvalue weighted by Crippen LogP contribution is -2.60. The molecule has 1 saturated heterocycles. The second kappa shape index (κ2) is 9.96. The van der Waals surface area contributed by atoms with Crippen LogP contribution in [0.5, 0.6) is 5.75 Å². The normalized spacial score (nSPS) is 27.7. The molecule has 0 aromatic heterocycles. The Morgan fingerprint density at radius 1 is 0.968 bits per heavy atom. The van der Waals surface area contributed by atoms with Gasteiger partial charge in [-0.25, -0.2) is 0 Å². The van der Waals surface area contributed by atoms with E-state index in [0.29, 0.717) is 5.56 Å². The zero-order valence-corrected chi connectivity index (χ0v) is 20.3. The molecule has 0 radical (unpaired) electrons. The van der Waals surface area contributed by atoms with E-state index in [1.54, 1.807) is 6.21 Å². The average Bonchev–Trinajstić information content (AvgIpc) is 2.67. The highest BCUT2D eigenvalue weighted by Gasteiger charge is 2.46. The molecule has 1 heterocycles. The lowest BCUT2D eigenvalue weighted by molar-refractivity contribution is -0.296. The molecule has 0 saturated carbocycles. The molecule has 1 aromatic carbocycles. The van der Waals surface area contributed by atoms with E-state index in [9.17, 15) is 10.2 Å². The summed E-state index contributed by atoms with van der Waals surface area (Å²) in [7, 11) is 4.56. The summed E-state index contributed by atoms with van der Waals surface area (Å²) in [5, 5.41) is 21.6. The number of aliphatic imine (C=N–C) groups is 1. The summed E-state index contributed by atoms with van der Waals surface area (Å²) in [6.07, 6.45) is -1.75. The Kier molecular flexibility index (Phi) is 8.27. The summed E-state index contributed by atoms with van der Waals surface area (Å²) in [6, 6.07) is 4.03. The highest BCUT2D eigenvalue weighted by atomic mass is 16.7. The van der Waals surface area contributed by atoms with Crippen LogP contribution in [0.15, 0.2) is 17.1 Å². The van der Waals surface area contributed by atoms with Crippen molar-refractivity contribution in [3.8, 4) is 5.75 Å². The number of phenolic OH excluding ortho intramolecular Hbond substituents is 1. The summed E-state index contributed by atoms with van der Waals surface area (Å²) < 4.78 is 22.0. The van der Waals surface area contributed by atoms with Gasteiger partial charge in [-0.05, 0) is 22.5 Å². The zero-order chi connectivity index (χ0) is 23.6. The predicted molar refractivity (Wildman–Crippen MR) is 121 cm³/mol. The van der Waals surface area contributed by atoms with Gasteiger partial charge < -0.3 is 29.2 Å². The zero-order valence-electron chi connectivity index (χ0n) is 20.3. The van der Waals surface area contributed by atoms with E-state index in [2.05, 4.69) is 52.6 Å². The van der Waals surface area contributed by atoms with Crippen molar-refractivity contribution in [1.82, 2.24) is 0 Å². The Hall–Kier alpha value is -1.51. The molecule has 5 atom stereocenters. The van der Waals surface area contributed by atoms with Crippen LogP contribution in [0, 0.1) is 0 Å². The summed E-state index contributed by atoms with van der Waals surface area (Å²) in [6.45, 7) is 12.8. The molecule has 7 heteroatoms. The van der Waals surface area contributed by atoms with Crippen molar-refractivity contribution in [2.75, 3.05) is 27.9 Å². The van der Waals surface area contributed by atoms with Gasteiger partial charge in [-0.15, -0.1) is 0 Å². The number of aliphatic hydroxyl groups is 1. The average molecular weight is 438 g/mol. The molecule has 0 amide bonds. The van der Waals surface area contributed by atoms with Gasteiger partial charge in [0.25, 0.3) is 0 Å². The maximum Gasteiger partial charge on any atom is 0.186 e. The van der Waals surface area contributed by atoms with Crippen molar-refractivity contribution < 1.29 is 29.2 Å². The fourth-order valence-electron chi connectivity index (χ4n) is 3.77. The van der Waals surface area contributed by atoms with Crippen molar-refractivity contribution in [1.29, 1.82) is 0 Å². The summed E-state index contributed by atoms with van der Waals surface area (Å²) in [5.74, 6) is 0.221. The van der Waals surface area contributed by atoms with Crippen LogP contribution < -0.4 is 0 Å². The Morgan fingerprint density at radius 2 is 1.58 bits per heavy atom. The van der Waals surface area contributed by atoms with Crippen LogP contribution in [0.2, 0.25) is 0 Å². The largest absolute Gasteiger partial charge is 0.507 e. The van der Waals surface area contributed by atoms with Crippen LogP contribution >= 0.6 is 0 Å². The number of phenols is 1. The van der Waals surface area contributed by atoms with E-state index >= 15 is 0 Å². The molecule has 0 bridgehead atoms. The lowest BCUT2D eigenvalue weighted by atomic mass is 9.79. The first-order valence-electron chi connectivity index (χ1n) is 10.6. The van der Waals surface area contributed by atoms with E-state index in [-0.39, 0.29) is 23.1 Å². The van der Waals surface area contributed by atoms with Gasteiger partial charge in [-0.2, -0.15) is 0 Å². The Bertz CT molecular complexity index is 765. The number of aromatic hydroxyl groups is 1. The Labute approximate surface area is 186 Å². The molecule has 7 nitrogen and oxygen atoms in total. The molecule has 2 rings (SSSR count). The first-order chi connectivity index (χ1) is 14.3. The van der Waals surface area contributed by atoms with E-state index < -0.39 is 30.7 Å². The molecule has 2 N–H and O–H groups in total. The van der Waals surface area contributed by atoms with E-state index in [4.69, 9.17) is 18.9 Å². The monoisotopic (exact) mass is 437 g/mol. The first kappa shape index (κ1) is 25.7. The van der Waals surface area contributed by atoms with E-state index in [1.165, 1.54) is 21.3 Å². The number of hydrogen-bond donors (Lipinski definition) is 2. The standard InChI is InChI=1S/C24H39NO6/c1-23(2,3)15-10-14(18(26)16(11-15)24(4,5)6)12-25-13-17-19(27)20(28-7)21(29-8)22(30-9)31-17/h10-12,17,19-22,26-27H,13H2,1-9H3/t17-,19-,20+,21-,22+/m1/s1. The first-order valence-corrected chi connectivity index (χ1v) is 10.6. The molecule has 1 aliphatic rings. The van der Waals surface area contributed by atoms with E-state index in [1.807, 2.05) is 6.07 Å². The molecule has 1 fully saturated rings. The van der Waals surface area contributed by atoms with Gasteiger partial charge in [0.1, 0.15) is 30.2 Å². The topological polar surface area (TPSA) is 89.7 Å². The number of nitrogens with zero attached hydrogens (tertiary/aromatic N) is 1. The summed E-state index contributed by atoms with van der Waals surface area (Å²) in [4.78, 5) is 4.49. The third-order valence-electron chi connectivity index (χ3n) is 5.72. The van der Waals surface area contributed by atoms with Crippen LogP contribution in [-0.2, 0) is 29.8 Å². The van der Waals surface area contributed by atoms with E-state index in [0.717, 1.165) is 11.1 Å². The van der Waals surface area contributed by atoms with Crippen molar-refractivity contribution in [2.45, 2.75) is 83.1 Å². The molecule has 31 heavy (non-hydrogen) atoms. The van der Waals surface area contributed by atoms with Crippen molar-refractivity contribution >= 4 is 6.21 Å². The van der Waals surface area contributed by atoms with Gasteiger partial charge in [0.2, 0.25) is 0 Å². The van der Waals surface area contributed by atoms with Gasteiger partial charge in [-0.1, -0.05) is 47.6 Å². The van der Waals surface area contributed by atoms with Gasteiger partial charge in [0.15, 0.2) is 6.29 Å². The second-order valence-corrected chi connectivity index (χ2v) is 10.1. The minimum Gasteiger partial charge on any atom is -0.507 e. The highest BCUT2D eigenvalue weighted by Crippen LogP contribution is 2.37. The van der Waals surface area contributed by atoms with Crippen LogP contribution in [-0.4, -0.2) is 75.0 Å². The molecule has 0 aliphatic carbocycles.